The van der Waals surface area contributed by atoms with E-state index in [4.69, 9.17) is 9.47 Å². The molecule has 0 bridgehead atoms. The minimum Gasteiger partial charge on any atom is -0.497 e. The van der Waals surface area contributed by atoms with Gasteiger partial charge in [0.25, 0.3) is 0 Å². The first-order valence-electron chi connectivity index (χ1n) is 9.45. The van der Waals surface area contributed by atoms with Crippen molar-refractivity contribution in [3.8, 4) is 11.5 Å². The fourth-order valence-electron chi connectivity index (χ4n) is 3.21. The lowest BCUT2D eigenvalue weighted by atomic mass is 9.85. The number of rotatable bonds is 9. The first-order valence-corrected chi connectivity index (χ1v) is 9.45. The number of methoxy groups -OCH3 is 1. The molecule has 1 saturated heterocycles. The number of ether oxygens (including phenoxy) is 2. The highest BCUT2D eigenvalue weighted by atomic mass is 16.5. The van der Waals surface area contributed by atoms with Crippen LogP contribution >= 0.6 is 0 Å². The van der Waals surface area contributed by atoms with Crippen LogP contribution in [-0.4, -0.2) is 32.7 Å². The largest absolute Gasteiger partial charge is 0.497 e. The summed E-state index contributed by atoms with van der Waals surface area (Å²) in [5.74, 6) is 2.39. The minimum atomic E-state index is 0.0340. The number of nitrogens with one attached hydrogen (secondary N) is 2. The van der Waals surface area contributed by atoms with E-state index >= 15 is 0 Å². The predicted octanol–water partition coefficient (Wildman–Crippen LogP) is 3.84. The van der Waals surface area contributed by atoms with Crippen molar-refractivity contribution in [2.24, 2.45) is 11.8 Å². The second-order valence-corrected chi connectivity index (χ2v) is 6.90. The molecule has 2 atom stereocenters. The number of carbonyl (C=O) groups is 1. The van der Waals surface area contributed by atoms with Crippen LogP contribution in [-0.2, 0) is 4.79 Å². The maximum absolute atomic E-state index is 12.5. The van der Waals surface area contributed by atoms with Crippen molar-refractivity contribution in [3.05, 3.63) is 18.2 Å². The topological polar surface area (TPSA) is 59.6 Å². The van der Waals surface area contributed by atoms with E-state index in [1.54, 1.807) is 7.11 Å². The lowest BCUT2D eigenvalue weighted by Crippen LogP contribution is -2.34. The molecule has 1 amide bonds. The number of piperidine rings is 1. The van der Waals surface area contributed by atoms with Crippen LogP contribution in [0.15, 0.2) is 18.2 Å². The van der Waals surface area contributed by atoms with Gasteiger partial charge in [-0.3, -0.25) is 4.79 Å². The summed E-state index contributed by atoms with van der Waals surface area (Å²) in [7, 11) is 1.62. The maximum atomic E-state index is 12.5. The van der Waals surface area contributed by atoms with Crippen molar-refractivity contribution < 1.29 is 14.3 Å². The summed E-state index contributed by atoms with van der Waals surface area (Å²) in [5.41, 5.74) is 0.689. The van der Waals surface area contributed by atoms with Gasteiger partial charge in [-0.1, -0.05) is 20.3 Å². The molecule has 0 aromatic heterocycles. The molecular formula is C20H32N2O3. The Hall–Kier alpha value is -1.75. The molecule has 140 valence electrons. The Balaban J connectivity index is 1.97. The highest BCUT2D eigenvalue weighted by molar-refractivity contribution is 5.92. The Morgan fingerprint density at radius 3 is 2.96 bits per heavy atom. The number of carbonyl (C=O) groups excluding carboxylic acids is 1. The van der Waals surface area contributed by atoms with E-state index in [9.17, 15) is 4.79 Å². The average Bonchev–Trinajstić information content (AvgIpc) is 2.63. The van der Waals surface area contributed by atoms with Gasteiger partial charge in [-0.2, -0.15) is 0 Å². The molecule has 0 aliphatic carbocycles. The molecule has 2 rings (SSSR count). The highest BCUT2D eigenvalue weighted by Gasteiger charge is 2.22. The molecule has 1 aliphatic rings. The third-order valence-corrected chi connectivity index (χ3v) is 4.86. The molecule has 1 aliphatic heterocycles. The summed E-state index contributed by atoms with van der Waals surface area (Å²) in [4.78, 5) is 12.5. The zero-order valence-electron chi connectivity index (χ0n) is 15.8. The zero-order valence-corrected chi connectivity index (χ0v) is 15.8. The maximum Gasteiger partial charge on any atom is 0.224 e. The molecule has 5 heteroatoms. The van der Waals surface area contributed by atoms with Crippen LogP contribution in [0.5, 0.6) is 11.5 Å². The molecule has 1 aromatic carbocycles. The van der Waals surface area contributed by atoms with E-state index < -0.39 is 0 Å². The summed E-state index contributed by atoms with van der Waals surface area (Å²) >= 11 is 0. The third kappa shape index (κ3) is 6.24. The Morgan fingerprint density at radius 2 is 2.28 bits per heavy atom. The van der Waals surface area contributed by atoms with Crippen molar-refractivity contribution in [2.45, 2.75) is 46.0 Å². The summed E-state index contributed by atoms with van der Waals surface area (Å²) in [6, 6.07) is 5.54. The second kappa shape index (κ2) is 10.3. The van der Waals surface area contributed by atoms with Crippen molar-refractivity contribution in [1.82, 2.24) is 5.32 Å². The molecule has 0 radical (unpaired) electrons. The number of anilines is 1. The molecule has 1 aromatic rings. The molecule has 1 fully saturated rings. The number of benzene rings is 1. The van der Waals surface area contributed by atoms with Gasteiger partial charge in [0.05, 0.1) is 19.4 Å². The van der Waals surface area contributed by atoms with E-state index in [-0.39, 0.29) is 5.91 Å². The standard InChI is InChI=1S/C20H32N2O3/c1-4-5-11-25-19-9-8-17(24-3)13-18(19)22-20(23)12-15(2)16-7-6-10-21-14-16/h8-9,13,15-16,21H,4-7,10-12,14H2,1-3H3,(H,22,23). The Kier molecular flexibility index (Phi) is 8.06. The molecule has 2 unspecified atom stereocenters. The normalized spacial score (nSPS) is 18.4. The van der Waals surface area contributed by atoms with Crippen LogP contribution in [0.25, 0.3) is 0 Å². The molecule has 0 spiro atoms. The van der Waals surface area contributed by atoms with Crippen LogP contribution in [0.3, 0.4) is 0 Å². The number of amides is 1. The average molecular weight is 348 g/mol. The monoisotopic (exact) mass is 348 g/mol. The van der Waals surface area contributed by atoms with Gasteiger partial charge >= 0.3 is 0 Å². The van der Waals surface area contributed by atoms with E-state index in [2.05, 4.69) is 24.5 Å². The van der Waals surface area contributed by atoms with Gasteiger partial charge < -0.3 is 20.1 Å². The fraction of sp³-hybridized carbons (Fsp3) is 0.650. The van der Waals surface area contributed by atoms with E-state index in [0.29, 0.717) is 42.0 Å². The number of hydrogen-bond acceptors (Lipinski definition) is 4. The molecule has 0 saturated carbocycles. The van der Waals surface area contributed by atoms with E-state index in [1.165, 1.54) is 12.8 Å². The first-order chi connectivity index (χ1) is 12.1. The highest BCUT2D eigenvalue weighted by Crippen LogP contribution is 2.30. The summed E-state index contributed by atoms with van der Waals surface area (Å²) in [5, 5.41) is 6.44. The third-order valence-electron chi connectivity index (χ3n) is 4.86. The fourth-order valence-corrected chi connectivity index (χ4v) is 3.21. The van der Waals surface area contributed by atoms with Gasteiger partial charge in [-0.25, -0.2) is 0 Å². The Bertz CT molecular complexity index is 542. The zero-order chi connectivity index (χ0) is 18.1. The van der Waals surface area contributed by atoms with Gasteiger partial charge in [0, 0.05) is 12.5 Å². The van der Waals surface area contributed by atoms with Crippen LogP contribution in [0.1, 0.15) is 46.0 Å². The lowest BCUT2D eigenvalue weighted by molar-refractivity contribution is -0.117. The second-order valence-electron chi connectivity index (χ2n) is 6.90. The number of hydrogen-bond donors (Lipinski definition) is 2. The lowest BCUT2D eigenvalue weighted by Gasteiger charge is -2.28. The Labute approximate surface area is 151 Å². The van der Waals surface area contributed by atoms with Gasteiger partial charge in [0.15, 0.2) is 0 Å². The summed E-state index contributed by atoms with van der Waals surface area (Å²) in [6.07, 6.45) is 4.99. The van der Waals surface area contributed by atoms with E-state index in [0.717, 1.165) is 25.9 Å². The summed E-state index contributed by atoms with van der Waals surface area (Å²) < 4.78 is 11.1. The van der Waals surface area contributed by atoms with Gasteiger partial charge in [0.1, 0.15) is 11.5 Å². The van der Waals surface area contributed by atoms with Crippen molar-refractivity contribution in [1.29, 1.82) is 0 Å². The van der Waals surface area contributed by atoms with Crippen LogP contribution in [0.2, 0.25) is 0 Å². The quantitative estimate of drug-likeness (QED) is 0.666. The number of unbranched alkanes of at least 4 members (excludes halogenated alkanes) is 1. The van der Waals surface area contributed by atoms with Crippen LogP contribution in [0.4, 0.5) is 5.69 Å². The molecule has 25 heavy (non-hydrogen) atoms. The molecule has 2 N–H and O–H groups in total. The van der Waals surface area contributed by atoms with Gasteiger partial charge in [-0.05, 0) is 56.3 Å². The van der Waals surface area contributed by atoms with Gasteiger partial charge in [-0.15, -0.1) is 0 Å². The molecule has 5 nitrogen and oxygen atoms in total. The van der Waals surface area contributed by atoms with Crippen LogP contribution < -0.4 is 20.1 Å². The van der Waals surface area contributed by atoms with Gasteiger partial charge in [0.2, 0.25) is 5.91 Å². The predicted molar refractivity (Wildman–Crippen MR) is 101 cm³/mol. The smallest absolute Gasteiger partial charge is 0.224 e. The van der Waals surface area contributed by atoms with Crippen LogP contribution in [0, 0.1) is 11.8 Å². The minimum absolute atomic E-state index is 0.0340. The summed E-state index contributed by atoms with van der Waals surface area (Å²) in [6.45, 7) is 7.05. The SMILES string of the molecule is CCCCOc1ccc(OC)cc1NC(=O)CC(C)C1CCCNC1. The van der Waals surface area contributed by atoms with Crippen molar-refractivity contribution >= 4 is 11.6 Å². The van der Waals surface area contributed by atoms with Crippen molar-refractivity contribution in [2.75, 3.05) is 32.1 Å². The van der Waals surface area contributed by atoms with E-state index in [1.807, 2.05) is 18.2 Å². The Morgan fingerprint density at radius 1 is 1.44 bits per heavy atom. The molecule has 1 heterocycles. The molecular weight excluding hydrogens is 316 g/mol. The first kappa shape index (κ1) is 19.6. The van der Waals surface area contributed by atoms with Crippen molar-refractivity contribution in [3.63, 3.8) is 0 Å².